The van der Waals surface area contributed by atoms with E-state index in [1.54, 1.807) is 23.1 Å². The fourth-order valence-electron chi connectivity index (χ4n) is 3.88. The fourth-order valence-corrected chi connectivity index (χ4v) is 3.88. The van der Waals surface area contributed by atoms with Crippen LogP contribution in [-0.4, -0.2) is 48.3 Å². The van der Waals surface area contributed by atoms with Crippen molar-refractivity contribution in [3.63, 3.8) is 0 Å². The van der Waals surface area contributed by atoms with Gasteiger partial charge in [-0.1, -0.05) is 44.2 Å². The monoisotopic (exact) mass is 439 g/mol. The molecule has 6 nitrogen and oxygen atoms in total. The molecule has 3 rings (SSSR count). The predicted molar refractivity (Wildman–Crippen MR) is 121 cm³/mol. The molecule has 1 aliphatic rings. The van der Waals surface area contributed by atoms with Crippen LogP contribution in [0.1, 0.15) is 47.4 Å². The van der Waals surface area contributed by atoms with Crippen molar-refractivity contribution >= 4 is 17.7 Å². The second-order valence-electron chi connectivity index (χ2n) is 8.57. The zero-order valence-corrected chi connectivity index (χ0v) is 18.5. The van der Waals surface area contributed by atoms with Crippen molar-refractivity contribution in [2.75, 3.05) is 19.6 Å². The van der Waals surface area contributed by atoms with Gasteiger partial charge in [-0.15, -0.1) is 0 Å². The summed E-state index contributed by atoms with van der Waals surface area (Å²) in [6.07, 6.45) is 1.13. The van der Waals surface area contributed by atoms with E-state index >= 15 is 0 Å². The van der Waals surface area contributed by atoms with Crippen molar-refractivity contribution in [2.24, 2.45) is 11.8 Å². The first-order chi connectivity index (χ1) is 15.4. The lowest BCUT2D eigenvalue weighted by atomic mass is 9.88. The Kier molecular flexibility index (Phi) is 7.98. The van der Waals surface area contributed by atoms with Gasteiger partial charge in [-0.05, 0) is 48.9 Å². The molecule has 1 fully saturated rings. The van der Waals surface area contributed by atoms with Crippen LogP contribution < -0.4 is 10.6 Å². The van der Waals surface area contributed by atoms with Crippen molar-refractivity contribution < 1.29 is 18.8 Å². The maximum Gasteiger partial charge on any atom is 0.254 e. The Morgan fingerprint density at radius 1 is 1.00 bits per heavy atom. The number of hydrogen-bond acceptors (Lipinski definition) is 3. The lowest BCUT2D eigenvalue weighted by Crippen LogP contribution is -2.54. The third-order valence-electron chi connectivity index (χ3n) is 5.69. The van der Waals surface area contributed by atoms with E-state index in [2.05, 4.69) is 10.6 Å². The average molecular weight is 440 g/mol. The van der Waals surface area contributed by atoms with Crippen LogP contribution in [-0.2, 0) is 4.79 Å². The molecule has 170 valence electrons. The summed E-state index contributed by atoms with van der Waals surface area (Å²) in [5.74, 6) is -1.47. The maximum absolute atomic E-state index is 14.1. The molecule has 1 saturated heterocycles. The Balaban J connectivity index is 1.69. The quantitative estimate of drug-likeness (QED) is 0.695. The van der Waals surface area contributed by atoms with Crippen LogP contribution in [0.3, 0.4) is 0 Å². The summed E-state index contributed by atoms with van der Waals surface area (Å²) in [7, 11) is 0. The van der Waals surface area contributed by atoms with Gasteiger partial charge in [0, 0.05) is 25.2 Å². The molecule has 0 spiro atoms. The minimum Gasteiger partial charge on any atom is -0.354 e. The molecule has 1 atom stereocenters. The van der Waals surface area contributed by atoms with Gasteiger partial charge < -0.3 is 15.5 Å². The summed E-state index contributed by atoms with van der Waals surface area (Å²) < 4.78 is 14.1. The average Bonchev–Trinajstić information content (AvgIpc) is 2.81. The highest BCUT2D eigenvalue weighted by Gasteiger charge is 2.34. The minimum absolute atomic E-state index is 0.0414. The Morgan fingerprint density at radius 3 is 2.25 bits per heavy atom. The third kappa shape index (κ3) is 5.93. The topological polar surface area (TPSA) is 78.5 Å². The van der Waals surface area contributed by atoms with E-state index in [1.807, 2.05) is 32.0 Å². The van der Waals surface area contributed by atoms with Gasteiger partial charge in [-0.3, -0.25) is 14.4 Å². The first-order valence-corrected chi connectivity index (χ1v) is 11.0. The summed E-state index contributed by atoms with van der Waals surface area (Å²) in [6.45, 7) is 5.43. The molecular weight excluding hydrogens is 409 g/mol. The van der Waals surface area contributed by atoms with E-state index in [1.165, 1.54) is 18.2 Å². The summed E-state index contributed by atoms with van der Waals surface area (Å²) in [5, 5.41) is 5.63. The molecule has 1 aliphatic heterocycles. The van der Waals surface area contributed by atoms with Gasteiger partial charge in [-0.2, -0.15) is 0 Å². The van der Waals surface area contributed by atoms with Gasteiger partial charge in [0.25, 0.3) is 11.8 Å². The highest BCUT2D eigenvalue weighted by molar-refractivity contribution is 5.98. The summed E-state index contributed by atoms with van der Waals surface area (Å²) in [4.78, 5) is 40.2. The fraction of sp³-hybridized carbons (Fsp3) is 0.400. The van der Waals surface area contributed by atoms with Crippen molar-refractivity contribution in [1.82, 2.24) is 15.5 Å². The Labute approximate surface area is 188 Å². The number of nitrogens with one attached hydrogen (secondary N) is 2. The number of amides is 3. The number of benzene rings is 2. The number of nitrogens with zero attached hydrogens (tertiary/aromatic N) is 1. The molecule has 32 heavy (non-hydrogen) atoms. The predicted octanol–water partition coefficient (Wildman–Crippen LogP) is 3.25. The Morgan fingerprint density at radius 2 is 1.62 bits per heavy atom. The molecule has 0 aromatic heterocycles. The molecular formula is C25H30FN3O3. The van der Waals surface area contributed by atoms with Crippen molar-refractivity contribution in [2.45, 2.75) is 32.7 Å². The standard InChI is InChI=1S/C25H30FN3O3/c1-17(2)16-27-24(31)22(28-23(30)20-10-6-7-11-21(20)26)18-12-14-29(15-13-18)25(32)19-8-4-3-5-9-19/h3-11,17-18,22H,12-16H2,1-2H3,(H,27,31)(H,28,30)/t22-/m0/s1. The zero-order chi connectivity index (χ0) is 23.1. The maximum atomic E-state index is 14.1. The van der Waals surface area contributed by atoms with Crippen LogP contribution in [0, 0.1) is 17.7 Å². The van der Waals surface area contributed by atoms with Gasteiger partial charge >= 0.3 is 0 Å². The van der Waals surface area contributed by atoms with E-state index in [0.29, 0.717) is 38.0 Å². The molecule has 7 heteroatoms. The molecule has 0 saturated carbocycles. The lowest BCUT2D eigenvalue weighted by molar-refractivity contribution is -0.124. The molecule has 2 aromatic carbocycles. The third-order valence-corrected chi connectivity index (χ3v) is 5.69. The molecule has 0 unspecified atom stereocenters. The highest BCUT2D eigenvalue weighted by Crippen LogP contribution is 2.23. The number of hydrogen-bond donors (Lipinski definition) is 2. The van der Waals surface area contributed by atoms with Crippen LogP contribution in [0.4, 0.5) is 4.39 Å². The van der Waals surface area contributed by atoms with Gasteiger partial charge in [0.05, 0.1) is 5.56 Å². The van der Waals surface area contributed by atoms with E-state index in [9.17, 15) is 18.8 Å². The minimum atomic E-state index is -0.796. The summed E-state index contributed by atoms with van der Waals surface area (Å²) in [6, 6.07) is 14.0. The van der Waals surface area contributed by atoms with Crippen LogP contribution >= 0.6 is 0 Å². The smallest absolute Gasteiger partial charge is 0.254 e. The van der Waals surface area contributed by atoms with E-state index < -0.39 is 17.8 Å². The van der Waals surface area contributed by atoms with Crippen LogP contribution in [0.2, 0.25) is 0 Å². The number of piperidine rings is 1. The zero-order valence-electron chi connectivity index (χ0n) is 18.5. The van der Waals surface area contributed by atoms with Crippen LogP contribution in [0.5, 0.6) is 0 Å². The lowest BCUT2D eigenvalue weighted by Gasteiger charge is -2.36. The SMILES string of the molecule is CC(C)CNC(=O)[C@@H](NC(=O)c1ccccc1F)C1CCN(C(=O)c2ccccc2)CC1. The van der Waals surface area contributed by atoms with Gasteiger partial charge in [0.2, 0.25) is 5.91 Å². The van der Waals surface area contributed by atoms with Crippen molar-refractivity contribution in [3.05, 3.63) is 71.5 Å². The molecule has 1 heterocycles. The van der Waals surface area contributed by atoms with Crippen molar-refractivity contribution in [3.8, 4) is 0 Å². The van der Waals surface area contributed by atoms with Crippen LogP contribution in [0.15, 0.2) is 54.6 Å². The number of halogens is 1. The largest absolute Gasteiger partial charge is 0.354 e. The molecule has 0 radical (unpaired) electrons. The first kappa shape index (κ1) is 23.4. The molecule has 0 aliphatic carbocycles. The molecule has 3 amide bonds. The number of rotatable bonds is 7. The second kappa shape index (κ2) is 10.9. The first-order valence-electron chi connectivity index (χ1n) is 11.0. The Hall–Kier alpha value is -3.22. The van der Waals surface area contributed by atoms with Gasteiger partial charge in [0.15, 0.2) is 0 Å². The molecule has 2 aromatic rings. The molecule has 0 bridgehead atoms. The number of likely N-dealkylation sites (tertiary alicyclic amines) is 1. The van der Waals surface area contributed by atoms with Gasteiger partial charge in [-0.25, -0.2) is 4.39 Å². The highest BCUT2D eigenvalue weighted by atomic mass is 19.1. The normalized spacial score (nSPS) is 15.3. The Bertz CT molecular complexity index is 940. The van der Waals surface area contributed by atoms with Gasteiger partial charge in [0.1, 0.15) is 11.9 Å². The van der Waals surface area contributed by atoms with E-state index in [-0.39, 0.29) is 29.2 Å². The summed E-state index contributed by atoms with van der Waals surface area (Å²) in [5.41, 5.74) is 0.538. The second-order valence-corrected chi connectivity index (χ2v) is 8.57. The number of carbonyl (C=O) groups is 3. The molecule has 2 N–H and O–H groups in total. The van der Waals surface area contributed by atoms with E-state index in [0.717, 1.165) is 0 Å². The van der Waals surface area contributed by atoms with Crippen molar-refractivity contribution in [1.29, 1.82) is 0 Å². The number of carbonyl (C=O) groups excluding carboxylic acids is 3. The van der Waals surface area contributed by atoms with Crippen LogP contribution in [0.25, 0.3) is 0 Å². The summed E-state index contributed by atoms with van der Waals surface area (Å²) >= 11 is 0. The van der Waals surface area contributed by atoms with E-state index in [4.69, 9.17) is 0 Å².